The smallest absolute Gasteiger partial charge is 0.00569 e. The van der Waals surface area contributed by atoms with Crippen molar-refractivity contribution in [2.75, 3.05) is 0 Å². The van der Waals surface area contributed by atoms with Gasteiger partial charge in [-0.05, 0) is 19.3 Å². The van der Waals surface area contributed by atoms with Crippen molar-refractivity contribution in [1.29, 1.82) is 0 Å². The third-order valence-electron chi connectivity index (χ3n) is 1.36. The Kier molecular flexibility index (Phi) is 1.43. The molecule has 0 amide bonds. The van der Waals surface area contributed by atoms with Crippen LogP contribution in [0.15, 0.2) is 12.2 Å². The zero-order chi connectivity index (χ0) is 5.28. The topological polar surface area (TPSA) is 0 Å². The highest BCUT2D eigenvalue weighted by molar-refractivity contribution is 7.81. The molecule has 0 bridgehead atoms. The minimum atomic E-state index is 0.618. The first-order chi connectivity index (χ1) is 3.29. The first kappa shape index (κ1) is 5.23. The van der Waals surface area contributed by atoms with Crippen LogP contribution in [0.2, 0.25) is 0 Å². The molecule has 40 valence electrons. The van der Waals surface area contributed by atoms with Crippen molar-refractivity contribution in [3.63, 3.8) is 0 Å². The summed E-state index contributed by atoms with van der Waals surface area (Å²) in [5.74, 6) is 0. The summed E-state index contributed by atoms with van der Waals surface area (Å²) in [7, 11) is 0. The maximum atomic E-state index is 4.29. The van der Waals surface area contributed by atoms with Crippen LogP contribution in [0.3, 0.4) is 0 Å². The summed E-state index contributed by atoms with van der Waals surface area (Å²) in [4.78, 5) is 0. The molecule has 0 heterocycles. The van der Waals surface area contributed by atoms with E-state index in [1.165, 1.54) is 18.4 Å². The molecular weight excluding hydrogens is 104 g/mol. The van der Waals surface area contributed by atoms with E-state index in [1.807, 2.05) is 0 Å². The Labute approximate surface area is 50.0 Å². The predicted molar refractivity (Wildman–Crippen MR) is 35.8 cm³/mol. The summed E-state index contributed by atoms with van der Waals surface area (Å²) in [5.41, 5.74) is 1.38. The van der Waals surface area contributed by atoms with Gasteiger partial charge in [0.2, 0.25) is 0 Å². The van der Waals surface area contributed by atoms with Crippen LogP contribution in [-0.2, 0) is 0 Å². The van der Waals surface area contributed by atoms with Crippen molar-refractivity contribution in [2.45, 2.75) is 24.5 Å². The lowest BCUT2D eigenvalue weighted by Crippen LogP contribution is -1.84. The summed E-state index contributed by atoms with van der Waals surface area (Å²) < 4.78 is 0. The van der Waals surface area contributed by atoms with Crippen LogP contribution < -0.4 is 0 Å². The molecule has 0 aromatic rings. The fourth-order valence-electron chi connectivity index (χ4n) is 0.908. The second-order valence-electron chi connectivity index (χ2n) is 2.15. The van der Waals surface area contributed by atoms with Gasteiger partial charge in [-0.3, -0.25) is 0 Å². The predicted octanol–water partition coefficient (Wildman–Crippen LogP) is 2.02. The number of hydrogen-bond acceptors (Lipinski definition) is 1. The molecule has 1 aliphatic carbocycles. The number of allylic oxidation sites excluding steroid dienone is 1. The zero-order valence-corrected chi connectivity index (χ0v) is 5.25. The molecule has 0 N–H and O–H groups in total. The molecule has 1 saturated carbocycles. The van der Waals surface area contributed by atoms with Gasteiger partial charge in [0.1, 0.15) is 0 Å². The molecular formula is C6H10S. The monoisotopic (exact) mass is 114 g/mol. The third kappa shape index (κ3) is 1.23. The van der Waals surface area contributed by atoms with Gasteiger partial charge in [0.25, 0.3) is 0 Å². The third-order valence-corrected chi connectivity index (χ3v) is 1.80. The largest absolute Gasteiger partial charge is 0.176 e. The van der Waals surface area contributed by atoms with Crippen molar-refractivity contribution in [2.24, 2.45) is 0 Å². The molecule has 0 aromatic carbocycles. The molecule has 1 heteroatoms. The van der Waals surface area contributed by atoms with Crippen LogP contribution in [0.4, 0.5) is 0 Å². The van der Waals surface area contributed by atoms with Gasteiger partial charge in [-0.25, -0.2) is 0 Å². The van der Waals surface area contributed by atoms with Crippen molar-refractivity contribution in [1.82, 2.24) is 0 Å². The van der Waals surface area contributed by atoms with Crippen LogP contribution in [-0.4, -0.2) is 5.25 Å². The standard InChI is InChI=1S/C6H10S/c1-5-2-3-6(7)4-5/h6-7H,1-4H2. The van der Waals surface area contributed by atoms with E-state index in [2.05, 4.69) is 19.2 Å². The number of rotatable bonds is 0. The Morgan fingerprint density at radius 2 is 2.43 bits per heavy atom. The number of thiol groups is 1. The quantitative estimate of drug-likeness (QED) is 0.361. The minimum absolute atomic E-state index is 0.618. The van der Waals surface area contributed by atoms with Crippen molar-refractivity contribution in [3.8, 4) is 0 Å². The molecule has 1 fully saturated rings. The first-order valence-electron chi connectivity index (χ1n) is 2.64. The molecule has 0 saturated heterocycles. The van der Waals surface area contributed by atoms with E-state index in [0.29, 0.717) is 5.25 Å². The summed E-state index contributed by atoms with van der Waals surface area (Å²) in [5, 5.41) is 0.618. The fourth-order valence-corrected chi connectivity index (χ4v) is 1.30. The van der Waals surface area contributed by atoms with E-state index < -0.39 is 0 Å². The second kappa shape index (κ2) is 1.91. The summed E-state index contributed by atoms with van der Waals surface area (Å²) in [6, 6.07) is 0. The second-order valence-corrected chi connectivity index (χ2v) is 2.88. The Morgan fingerprint density at radius 1 is 1.71 bits per heavy atom. The Morgan fingerprint density at radius 3 is 2.57 bits per heavy atom. The summed E-state index contributed by atoms with van der Waals surface area (Å²) in [6.07, 6.45) is 3.58. The average Bonchev–Trinajstić information content (AvgIpc) is 1.87. The molecule has 1 aliphatic rings. The van der Waals surface area contributed by atoms with Gasteiger partial charge < -0.3 is 0 Å². The maximum absolute atomic E-state index is 4.29. The van der Waals surface area contributed by atoms with E-state index in [-0.39, 0.29) is 0 Å². The fraction of sp³-hybridized carbons (Fsp3) is 0.667. The Hall–Kier alpha value is 0.0900. The average molecular weight is 114 g/mol. The molecule has 1 atom stereocenters. The lowest BCUT2D eigenvalue weighted by molar-refractivity contribution is 0.913. The molecule has 0 aromatic heterocycles. The van der Waals surface area contributed by atoms with E-state index in [0.717, 1.165) is 6.42 Å². The van der Waals surface area contributed by atoms with Gasteiger partial charge in [-0.1, -0.05) is 12.2 Å². The van der Waals surface area contributed by atoms with E-state index >= 15 is 0 Å². The van der Waals surface area contributed by atoms with Crippen LogP contribution >= 0.6 is 12.6 Å². The molecule has 1 rings (SSSR count). The molecule has 0 nitrogen and oxygen atoms in total. The van der Waals surface area contributed by atoms with Crippen LogP contribution in [0.1, 0.15) is 19.3 Å². The van der Waals surface area contributed by atoms with Crippen LogP contribution in [0.5, 0.6) is 0 Å². The van der Waals surface area contributed by atoms with Gasteiger partial charge >= 0.3 is 0 Å². The Balaban J connectivity index is 2.40. The summed E-state index contributed by atoms with van der Waals surface area (Å²) >= 11 is 4.29. The highest BCUT2D eigenvalue weighted by Gasteiger charge is 2.12. The zero-order valence-electron chi connectivity index (χ0n) is 4.35. The SMILES string of the molecule is C=C1CCC(S)C1. The molecule has 7 heavy (non-hydrogen) atoms. The van der Waals surface area contributed by atoms with Crippen molar-refractivity contribution >= 4 is 12.6 Å². The first-order valence-corrected chi connectivity index (χ1v) is 3.15. The molecule has 1 unspecified atom stereocenters. The molecule has 0 spiro atoms. The molecule has 0 radical (unpaired) electrons. The van der Waals surface area contributed by atoms with Crippen LogP contribution in [0, 0.1) is 0 Å². The van der Waals surface area contributed by atoms with Gasteiger partial charge in [0, 0.05) is 5.25 Å². The lowest BCUT2D eigenvalue weighted by Gasteiger charge is -1.91. The normalized spacial score (nSPS) is 31.6. The highest BCUT2D eigenvalue weighted by Crippen LogP contribution is 2.26. The summed E-state index contributed by atoms with van der Waals surface area (Å²) in [6.45, 7) is 3.86. The maximum Gasteiger partial charge on any atom is 0.00569 e. The highest BCUT2D eigenvalue weighted by atomic mass is 32.1. The van der Waals surface area contributed by atoms with E-state index in [1.54, 1.807) is 0 Å². The lowest BCUT2D eigenvalue weighted by atomic mass is 10.3. The van der Waals surface area contributed by atoms with Gasteiger partial charge in [0.15, 0.2) is 0 Å². The number of hydrogen-bond donors (Lipinski definition) is 1. The van der Waals surface area contributed by atoms with E-state index in [9.17, 15) is 0 Å². The minimum Gasteiger partial charge on any atom is -0.176 e. The van der Waals surface area contributed by atoms with Gasteiger partial charge in [-0.2, -0.15) is 12.6 Å². The van der Waals surface area contributed by atoms with Gasteiger partial charge in [-0.15, -0.1) is 0 Å². The Bertz CT molecular complexity index is 86.2. The van der Waals surface area contributed by atoms with Crippen LogP contribution in [0.25, 0.3) is 0 Å². The van der Waals surface area contributed by atoms with E-state index in [4.69, 9.17) is 0 Å². The van der Waals surface area contributed by atoms with Crippen molar-refractivity contribution < 1.29 is 0 Å². The van der Waals surface area contributed by atoms with Gasteiger partial charge in [0.05, 0.1) is 0 Å². The molecule has 0 aliphatic heterocycles. The van der Waals surface area contributed by atoms with Crippen molar-refractivity contribution in [3.05, 3.63) is 12.2 Å².